The van der Waals surface area contributed by atoms with Crippen molar-refractivity contribution in [3.63, 3.8) is 0 Å². The van der Waals surface area contributed by atoms with Crippen LogP contribution in [0.3, 0.4) is 0 Å². The van der Waals surface area contributed by atoms with Crippen LogP contribution < -0.4 is 0 Å². The molecule has 4 nitrogen and oxygen atoms in total. The molecule has 5 heteroatoms. The monoisotopic (exact) mass is 828 g/mol. The van der Waals surface area contributed by atoms with E-state index in [1.165, 1.54) is 33.5 Å². The van der Waals surface area contributed by atoms with Crippen LogP contribution in [-0.4, -0.2) is 20.9 Å². The van der Waals surface area contributed by atoms with Gasteiger partial charge in [0.15, 0.2) is 5.78 Å². The molecule has 0 aliphatic heterocycles. The van der Waals surface area contributed by atoms with Gasteiger partial charge < -0.3 is 5.11 Å². The number of aryl methyl sites for hydroxylation is 3. The summed E-state index contributed by atoms with van der Waals surface area (Å²) in [5, 5.41) is 13.7. The Morgan fingerprint density at radius 1 is 0.875 bits per heavy atom. The van der Waals surface area contributed by atoms with Gasteiger partial charge in [-0.25, -0.2) is 4.98 Å². The summed E-state index contributed by atoms with van der Waals surface area (Å²) in [6.45, 7) is 27.4. The summed E-state index contributed by atoms with van der Waals surface area (Å²) in [5.41, 5.74) is 7.55. The fraction of sp³-hybridized carbons (Fsp3) is 0.512. The first-order valence-electron chi connectivity index (χ1n) is 17.7. The van der Waals surface area contributed by atoms with Crippen molar-refractivity contribution in [2.75, 3.05) is 0 Å². The molecule has 3 aromatic carbocycles. The first-order chi connectivity index (χ1) is 22.0. The molecule has 4 rings (SSSR count). The molecule has 0 spiro atoms. The van der Waals surface area contributed by atoms with Gasteiger partial charge in [0.25, 0.3) is 0 Å². The molecule has 48 heavy (non-hydrogen) atoms. The molecular weight excluding hydrogens is 769 g/mol. The van der Waals surface area contributed by atoms with Gasteiger partial charge in [0.05, 0.1) is 5.52 Å². The van der Waals surface area contributed by atoms with Crippen LogP contribution in [0.25, 0.3) is 32.9 Å². The summed E-state index contributed by atoms with van der Waals surface area (Å²) < 4.78 is 0. The fourth-order valence-electron chi connectivity index (χ4n) is 6.11. The number of nitrogens with zero attached hydrogens (tertiary/aromatic N) is 2. The minimum absolute atomic E-state index is 0. The molecule has 0 saturated carbocycles. The average molecular weight is 828 g/mol. The average Bonchev–Trinajstić information content (AvgIpc) is 3.02. The number of rotatable bonds is 11. The van der Waals surface area contributed by atoms with E-state index in [1.54, 1.807) is 0 Å². The van der Waals surface area contributed by atoms with Crippen LogP contribution in [0, 0.1) is 43.6 Å². The Hall–Kier alpha value is -2.88. The Balaban J connectivity index is 0.000000384. The number of carbonyl (C=O) groups is 1. The van der Waals surface area contributed by atoms with E-state index in [0.717, 1.165) is 65.7 Å². The largest absolute Gasteiger partial charge is 0.512 e. The maximum atomic E-state index is 12.2. The number of fused-ring (bicyclic) bond motifs is 3. The number of allylic oxidation sites excluding steroid dienone is 2. The van der Waals surface area contributed by atoms with Crippen LogP contribution in [0.15, 0.2) is 48.2 Å². The molecule has 0 saturated heterocycles. The van der Waals surface area contributed by atoms with Gasteiger partial charge in [-0.1, -0.05) is 107 Å². The van der Waals surface area contributed by atoms with Gasteiger partial charge in [0, 0.05) is 48.3 Å². The second kappa shape index (κ2) is 17.2. The van der Waals surface area contributed by atoms with Gasteiger partial charge >= 0.3 is 0 Å². The molecule has 0 aliphatic rings. The second-order valence-corrected chi connectivity index (χ2v) is 14.8. The van der Waals surface area contributed by atoms with E-state index in [9.17, 15) is 9.90 Å². The number of aliphatic hydroxyl groups excluding tert-OH is 1. The van der Waals surface area contributed by atoms with Crippen molar-refractivity contribution in [3.8, 4) is 11.3 Å². The van der Waals surface area contributed by atoms with Crippen molar-refractivity contribution in [2.45, 2.75) is 128 Å². The van der Waals surface area contributed by atoms with E-state index >= 15 is 0 Å². The fourth-order valence-corrected chi connectivity index (χ4v) is 6.11. The molecule has 0 atom stereocenters. The molecule has 0 fully saturated rings. The molecule has 0 aliphatic carbocycles. The molecule has 1 aromatic heterocycles. The maximum absolute atomic E-state index is 12.2. The van der Waals surface area contributed by atoms with E-state index < -0.39 is 0 Å². The standard InChI is InChI=1S/C28H31N2.C15H28O2.Ir/c1-16(2)10-21-14-20(7)25-22(15-21)8-9-24-26(23-12-18(5)11-19(6)13-23)29-28(17(3)4)30-27(24)25;1-7-14(5,8-2)12(16)11-13(17)15(6,9-3)10-4;/h8-9,11-12,14-17H,10H2,1-7H3;11,16H,7-10H2,1-6H3;/q-1;;/b;12-11-;. The summed E-state index contributed by atoms with van der Waals surface area (Å²) in [6.07, 6.45) is 5.85. The third kappa shape index (κ3) is 9.42. The summed E-state index contributed by atoms with van der Waals surface area (Å²) >= 11 is 0. The number of aliphatic hydroxyl groups is 1. The third-order valence-electron chi connectivity index (χ3n) is 10.2. The molecule has 0 amide bonds. The summed E-state index contributed by atoms with van der Waals surface area (Å²) in [6, 6.07) is 17.0. The molecule has 4 aromatic rings. The van der Waals surface area contributed by atoms with E-state index in [-0.39, 0.29) is 48.4 Å². The van der Waals surface area contributed by atoms with E-state index in [4.69, 9.17) is 9.97 Å². The first kappa shape index (κ1) is 41.3. The third-order valence-corrected chi connectivity index (χ3v) is 10.2. The summed E-state index contributed by atoms with van der Waals surface area (Å²) in [7, 11) is 0. The molecule has 0 unspecified atom stereocenters. The minimum Gasteiger partial charge on any atom is -0.512 e. The SMILES string of the molecule is CCC(C)(CC)C(=O)/C=C(\O)C(C)(CC)CC.Cc1[c-]c(-c2nc(C(C)C)nc3c2ccc2cc(CC(C)C)cc(C)c23)cc(C)c1.[Ir]. The van der Waals surface area contributed by atoms with Crippen LogP contribution in [-0.2, 0) is 31.3 Å². The van der Waals surface area contributed by atoms with Crippen LogP contribution in [0.4, 0.5) is 0 Å². The van der Waals surface area contributed by atoms with Gasteiger partial charge in [-0.2, -0.15) is 0 Å². The number of hydrogen-bond acceptors (Lipinski definition) is 4. The molecule has 1 heterocycles. The Bertz CT molecular complexity index is 1720. The quantitative estimate of drug-likeness (QED) is 0.0708. The van der Waals surface area contributed by atoms with Crippen molar-refractivity contribution < 1.29 is 30.0 Å². The second-order valence-electron chi connectivity index (χ2n) is 14.8. The van der Waals surface area contributed by atoms with Gasteiger partial charge in [-0.05, 0) is 72.5 Å². The van der Waals surface area contributed by atoms with Gasteiger partial charge in [-0.15, -0.1) is 34.9 Å². The molecule has 1 N–H and O–H groups in total. The van der Waals surface area contributed by atoms with Gasteiger partial charge in [-0.3, -0.25) is 9.78 Å². The Kier molecular flexibility index (Phi) is 14.8. The first-order valence-corrected chi connectivity index (χ1v) is 17.7. The summed E-state index contributed by atoms with van der Waals surface area (Å²) in [4.78, 5) is 22.2. The number of hydrogen-bond donors (Lipinski definition) is 1. The van der Waals surface area contributed by atoms with Gasteiger partial charge in [0.1, 0.15) is 11.6 Å². The van der Waals surface area contributed by atoms with Crippen LogP contribution in [0.1, 0.15) is 129 Å². The van der Waals surface area contributed by atoms with E-state index in [2.05, 4.69) is 90.9 Å². The maximum Gasteiger partial charge on any atom is 0.164 e. The van der Waals surface area contributed by atoms with Crippen LogP contribution >= 0.6 is 0 Å². The number of benzene rings is 3. The molecule has 263 valence electrons. The van der Waals surface area contributed by atoms with Crippen molar-refractivity contribution >= 4 is 27.5 Å². The topological polar surface area (TPSA) is 63.1 Å². The van der Waals surface area contributed by atoms with Crippen molar-refractivity contribution in [2.24, 2.45) is 16.7 Å². The normalized spacial score (nSPS) is 12.4. The predicted molar refractivity (Wildman–Crippen MR) is 201 cm³/mol. The molecule has 1 radical (unpaired) electrons. The van der Waals surface area contributed by atoms with Crippen molar-refractivity contribution in [1.82, 2.24) is 9.97 Å². The Labute approximate surface area is 304 Å². The number of ketones is 1. The van der Waals surface area contributed by atoms with Crippen LogP contribution in [0.2, 0.25) is 0 Å². The minimum atomic E-state index is -0.337. The molecule has 0 bridgehead atoms. The smallest absolute Gasteiger partial charge is 0.164 e. The zero-order valence-electron chi connectivity index (χ0n) is 31.8. The van der Waals surface area contributed by atoms with Crippen molar-refractivity contribution in [1.29, 1.82) is 0 Å². The number of aromatic nitrogens is 2. The van der Waals surface area contributed by atoms with E-state index in [0.29, 0.717) is 5.92 Å². The zero-order chi connectivity index (χ0) is 35.3. The predicted octanol–water partition coefficient (Wildman–Crippen LogP) is 12.1. The number of carbonyl (C=O) groups excluding carboxylic acids is 1. The van der Waals surface area contributed by atoms with E-state index in [1.807, 2.05) is 41.5 Å². The zero-order valence-corrected chi connectivity index (χ0v) is 34.2. The Morgan fingerprint density at radius 3 is 2.00 bits per heavy atom. The molecular formula is C43H59IrN2O2-. The Morgan fingerprint density at radius 2 is 1.48 bits per heavy atom. The van der Waals surface area contributed by atoms with Gasteiger partial charge in [0.2, 0.25) is 0 Å². The summed E-state index contributed by atoms with van der Waals surface area (Å²) in [5.74, 6) is 2.08. The van der Waals surface area contributed by atoms with Crippen molar-refractivity contribution in [3.05, 3.63) is 82.4 Å². The van der Waals surface area contributed by atoms with Crippen LogP contribution in [0.5, 0.6) is 0 Å².